The SMILES string of the molecule is NC(=O)NCCC[C@@H](C(=O)O)N1C=C([C@@H](NC(=O)OCc2ccccc2)C2CC2)NN1. The van der Waals surface area contributed by atoms with Crippen LogP contribution in [0.3, 0.4) is 0 Å². The zero-order valence-corrected chi connectivity index (χ0v) is 17.0. The van der Waals surface area contributed by atoms with Gasteiger partial charge in [0, 0.05) is 12.7 Å². The van der Waals surface area contributed by atoms with Gasteiger partial charge in [-0.2, -0.15) is 0 Å². The molecule has 0 unspecified atom stereocenters. The fourth-order valence-corrected chi connectivity index (χ4v) is 3.33. The number of amides is 3. The molecule has 0 bridgehead atoms. The van der Waals surface area contributed by atoms with E-state index in [0.717, 1.165) is 18.4 Å². The minimum atomic E-state index is -1.01. The van der Waals surface area contributed by atoms with E-state index >= 15 is 0 Å². The number of carbonyl (C=O) groups is 3. The number of hydrogen-bond acceptors (Lipinski definition) is 7. The number of urea groups is 1. The lowest BCUT2D eigenvalue weighted by molar-refractivity contribution is -0.143. The Balaban J connectivity index is 1.55. The van der Waals surface area contributed by atoms with Crippen LogP contribution in [0.25, 0.3) is 0 Å². The number of carbonyl (C=O) groups excluding carboxylic acids is 2. The van der Waals surface area contributed by atoms with Crippen LogP contribution in [0.15, 0.2) is 42.2 Å². The molecule has 1 aromatic carbocycles. The summed E-state index contributed by atoms with van der Waals surface area (Å²) in [4.78, 5) is 34.7. The second kappa shape index (κ2) is 10.5. The molecule has 1 fully saturated rings. The Morgan fingerprint density at radius 3 is 2.65 bits per heavy atom. The van der Waals surface area contributed by atoms with E-state index in [1.165, 1.54) is 5.01 Å². The lowest BCUT2D eigenvalue weighted by Gasteiger charge is -2.23. The van der Waals surface area contributed by atoms with E-state index in [0.29, 0.717) is 12.1 Å². The van der Waals surface area contributed by atoms with E-state index in [2.05, 4.69) is 21.6 Å². The Morgan fingerprint density at radius 1 is 1.26 bits per heavy atom. The largest absolute Gasteiger partial charge is 0.480 e. The first kappa shape index (κ1) is 22.2. The van der Waals surface area contributed by atoms with Crippen molar-refractivity contribution in [1.29, 1.82) is 0 Å². The first-order valence-corrected chi connectivity index (χ1v) is 10.2. The molecule has 31 heavy (non-hydrogen) atoms. The summed E-state index contributed by atoms with van der Waals surface area (Å²) in [5.41, 5.74) is 12.4. The Hall–Kier alpha value is -3.47. The molecule has 3 rings (SSSR count). The Kier molecular flexibility index (Phi) is 7.55. The van der Waals surface area contributed by atoms with Crippen molar-refractivity contribution >= 4 is 18.1 Å². The minimum Gasteiger partial charge on any atom is -0.480 e. The van der Waals surface area contributed by atoms with Gasteiger partial charge in [-0.05, 0) is 37.2 Å². The zero-order valence-electron chi connectivity index (χ0n) is 17.0. The quantitative estimate of drug-likeness (QED) is 0.280. The molecule has 2 atom stereocenters. The molecule has 1 heterocycles. The van der Waals surface area contributed by atoms with Crippen molar-refractivity contribution in [3.8, 4) is 0 Å². The number of carboxylic acid groups (broad SMARTS) is 1. The van der Waals surface area contributed by atoms with E-state index in [1.807, 2.05) is 30.3 Å². The fraction of sp³-hybridized carbons (Fsp3) is 0.450. The molecule has 1 aliphatic carbocycles. The smallest absolute Gasteiger partial charge is 0.408 e. The third-order valence-corrected chi connectivity index (χ3v) is 5.10. The lowest BCUT2D eigenvalue weighted by atomic mass is 10.1. The van der Waals surface area contributed by atoms with Crippen LogP contribution in [-0.2, 0) is 16.1 Å². The maximum atomic E-state index is 12.3. The molecule has 0 saturated heterocycles. The molecule has 11 nitrogen and oxygen atoms in total. The number of nitrogens with one attached hydrogen (secondary N) is 4. The van der Waals surface area contributed by atoms with Crippen molar-refractivity contribution < 1.29 is 24.2 Å². The molecular weight excluding hydrogens is 404 g/mol. The Morgan fingerprint density at radius 2 is 2.00 bits per heavy atom. The average molecular weight is 432 g/mol. The summed E-state index contributed by atoms with van der Waals surface area (Å²) in [5, 5.41) is 16.3. The number of rotatable bonds is 11. The van der Waals surface area contributed by atoms with Gasteiger partial charge in [0.25, 0.3) is 0 Å². The number of primary amides is 1. The van der Waals surface area contributed by atoms with Crippen LogP contribution in [0.2, 0.25) is 0 Å². The number of nitrogens with two attached hydrogens (primary N) is 1. The van der Waals surface area contributed by atoms with E-state index in [4.69, 9.17) is 10.5 Å². The molecule has 0 spiro atoms. The normalized spacial score (nSPS) is 17.2. The summed E-state index contributed by atoms with van der Waals surface area (Å²) in [6, 6.07) is 7.57. The van der Waals surface area contributed by atoms with Gasteiger partial charge in [0.15, 0.2) is 0 Å². The van der Waals surface area contributed by atoms with Gasteiger partial charge in [-0.3, -0.25) is 5.01 Å². The monoisotopic (exact) mass is 432 g/mol. The van der Waals surface area contributed by atoms with Crippen LogP contribution in [0, 0.1) is 5.92 Å². The standard InChI is InChI=1S/C20H28N6O5/c21-19(29)22-10-4-7-16(18(27)28)26-11-15(24-25-26)17(14-8-9-14)23-20(30)31-12-13-5-2-1-3-6-13/h1-3,5-6,11,14,16-17,24-25H,4,7-10,12H2,(H,23,30)(H,27,28)(H3,21,22,29)/t16-,17-/m0/s1. The van der Waals surface area contributed by atoms with Crippen molar-refractivity contribution in [2.24, 2.45) is 11.7 Å². The van der Waals surface area contributed by atoms with Crippen molar-refractivity contribution in [1.82, 2.24) is 26.6 Å². The first-order chi connectivity index (χ1) is 14.9. The molecule has 168 valence electrons. The molecule has 0 aromatic heterocycles. The number of nitrogens with zero attached hydrogens (tertiary/aromatic N) is 1. The summed E-state index contributed by atoms with van der Waals surface area (Å²) in [7, 11) is 0. The second-order valence-corrected chi connectivity index (χ2v) is 7.54. The van der Waals surface area contributed by atoms with Gasteiger partial charge in [0.05, 0.1) is 11.7 Å². The predicted molar refractivity (Wildman–Crippen MR) is 111 cm³/mol. The highest BCUT2D eigenvalue weighted by molar-refractivity contribution is 5.74. The highest BCUT2D eigenvalue weighted by Gasteiger charge is 2.38. The molecule has 3 amide bonds. The molecule has 2 aliphatic rings. The summed E-state index contributed by atoms with van der Waals surface area (Å²) < 4.78 is 5.32. The number of ether oxygens (including phenoxy) is 1. The summed E-state index contributed by atoms with van der Waals surface area (Å²) in [6.45, 7) is 0.456. The number of aliphatic carboxylic acids is 1. The molecule has 0 radical (unpaired) electrons. The van der Waals surface area contributed by atoms with Gasteiger partial charge in [0.1, 0.15) is 12.6 Å². The van der Waals surface area contributed by atoms with Gasteiger partial charge in [-0.25, -0.2) is 14.4 Å². The third-order valence-electron chi connectivity index (χ3n) is 5.10. The zero-order chi connectivity index (χ0) is 22.2. The lowest BCUT2D eigenvalue weighted by Crippen LogP contribution is -2.48. The van der Waals surface area contributed by atoms with Crippen LogP contribution < -0.4 is 27.3 Å². The predicted octanol–water partition coefficient (Wildman–Crippen LogP) is 0.759. The third kappa shape index (κ3) is 6.78. The maximum Gasteiger partial charge on any atom is 0.408 e. The summed E-state index contributed by atoms with van der Waals surface area (Å²) in [6.07, 6.45) is 3.77. The van der Waals surface area contributed by atoms with E-state index in [9.17, 15) is 19.5 Å². The molecule has 1 aliphatic heterocycles. The van der Waals surface area contributed by atoms with Crippen molar-refractivity contribution in [2.45, 2.75) is 44.4 Å². The molecule has 7 N–H and O–H groups in total. The van der Waals surface area contributed by atoms with Crippen molar-refractivity contribution in [3.63, 3.8) is 0 Å². The molecule has 1 saturated carbocycles. The average Bonchev–Trinajstić information content (AvgIpc) is 3.48. The van der Waals surface area contributed by atoms with Gasteiger partial charge >= 0.3 is 18.1 Å². The van der Waals surface area contributed by atoms with Crippen molar-refractivity contribution in [3.05, 3.63) is 47.8 Å². The van der Waals surface area contributed by atoms with Gasteiger partial charge < -0.3 is 31.6 Å². The van der Waals surface area contributed by atoms with E-state index in [1.54, 1.807) is 6.20 Å². The van der Waals surface area contributed by atoms with Crippen LogP contribution in [-0.4, -0.2) is 46.8 Å². The van der Waals surface area contributed by atoms with Gasteiger partial charge in [0.2, 0.25) is 0 Å². The summed E-state index contributed by atoms with van der Waals surface area (Å²) >= 11 is 0. The van der Waals surface area contributed by atoms with Crippen molar-refractivity contribution in [2.75, 3.05) is 6.54 Å². The number of carboxylic acids is 1. The Bertz CT molecular complexity index is 814. The fourth-order valence-electron chi connectivity index (χ4n) is 3.33. The van der Waals surface area contributed by atoms with Crippen LogP contribution in [0.1, 0.15) is 31.2 Å². The minimum absolute atomic E-state index is 0.168. The van der Waals surface area contributed by atoms with Crippen LogP contribution in [0.4, 0.5) is 9.59 Å². The number of benzene rings is 1. The number of hydrogen-bond donors (Lipinski definition) is 6. The topological polar surface area (TPSA) is 158 Å². The van der Waals surface area contributed by atoms with E-state index in [-0.39, 0.29) is 31.5 Å². The van der Waals surface area contributed by atoms with Gasteiger partial charge in [-0.1, -0.05) is 30.3 Å². The Labute approximate surface area is 179 Å². The molecule has 11 heteroatoms. The van der Waals surface area contributed by atoms with Crippen LogP contribution >= 0.6 is 0 Å². The summed E-state index contributed by atoms with van der Waals surface area (Å²) in [5.74, 6) is -0.753. The highest BCUT2D eigenvalue weighted by atomic mass is 16.5. The first-order valence-electron chi connectivity index (χ1n) is 10.2. The number of alkyl carbamates (subject to hydrolysis) is 1. The molecular formula is C20H28N6O5. The second-order valence-electron chi connectivity index (χ2n) is 7.54. The van der Waals surface area contributed by atoms with Gasteiger partial charge in [-0.15, -0.1) is 5.53 Å². The highest BCUT2D eigenvalue weighted by Crippen LogP contribution is 2.35. The van der Waals surface area contributed by atoms with E-state index < -0.39 is 24.1 Å². The molecule has 1 aromatic rings. The number of hydrazine groups is 2. The van der Waals surface area contributed by atoms with Crippen LogP contribution in [0.5, 0.6) is 0 Å². The maximum absolute atomic E-state index is 12.3.